The number of anilines is 1. The highest BCUT2D eigenvalue weighted by molar-refractivity contribution is 6.05. The Morgan fingerprint density at radius 3 is 2.17 bits per heavy atom. The molecule has 4 rings (SSSR count). The molecule has 2 aromatic heterocycles. The smallest absolute Gasteiger partial charge is 0.277 e. The van der Waals surface area contributed by atoms with Gasteiger partial charge in [-0.15, -0.1) is 0 Å². The van der Waals surface area contributed by atoms with Gasteiger partial charge in [-0.1, -0.05) is 0 Å². The number of carbonyl (C=O) groups excluding carboxylic acids is 1. The number of benzene rings is 2. The SMILES string of the molecule is Cc1cc(C)n(-c2cc(Oc3ccc(NC(=O)c4cc([N+](=O)[O-])cc([N+](=O)[O-])c4)cc3)ncn2)n1. The molecule has 0 radical (unpaired) electrons. The first kappa shape index (κ1) is 23.0. The van der Waals surface area contributed by atoms with E-state index in [1.807, 2.05) is 19.9 Å². The summed E-state index contributed by atoms with van der Waals surface area (Å²) in [5.41, 5.74) is 0.768. The van der Waals surface area contributed by atoms with E-state index in [9.17, 15) is 25.0 Å². The van der Waals surface area contributed by atoms with Gasteiger partial charge in [0, 0.05) is 29.6 Å². The number of hydrogen-bond donors (Lipinski definition) is 1. The summed E-state index contributed by atoms with van der Waals surface area (Å²) >= 11 is 0. The van der Waals surface area contributed by atoms with Gasteiger partial charge < -0.3 is 10.1 Å². The normalized spacial score (nSPS) is 10.6. The van der Waals surface area contributed by atoms with E-state index < -0.39 is 27.1 Å². The molecule has 2 aromatic carbocycles. The maximum absolute atomic E-state index is 12.5. The molecule has 0 unspecified atom stereocenters. The van der Waals surface area contributed by atoms with Crippen LogP contribution in [0.1, 0.15) is 21.7 Å². The second-order valence-electron chi connectivity index (χ2n) is 7.39. The fraction of sp³-hybridized carbons (Fsp3) is 0.0909. The number of nitrogens with one attached hydrogen (secondary N) is 1. The largest absolute Gasteiger partial charge is 0.439 e. The van der Waals surface area contributed by atoms with Crippen molar-refractivity contribution >= 4 is 23.0 Å². The summed E-state index contributed by atoms with van der Waals surface area (Å²) in [6.07, 6.45) is 1.36. The zero-order chi connectivity index (χ0) is 25.1. The Kier molecular flexibility index (Phi) is 6.14. The molecule has 1 N–H and O–H groups in total. The van der Waals surface area contributed by atoms with Gasteiger partial charge in [0.05, 0.1) is 27.2 Å². The Hall–Kier alpha value is -5.20. The summed E-state index contributed by atoms with van der Waals surface area (Å²) in [5, 5.41) is 29.0. The van der Waals surface area contributed by atoms with Crippen LogP contribution in [0.4, 0.5) is 17.1 Å². The molecule has 0 aliphatic heterocycles. The van der Waals surface area contributed by atoms with Crippen molar-refractivity contribution in [1.82, 2.24) is 19.7 Å². The lowest BCUT2D eigenvalue weighted by molar-refractivity contribution is -0.394. The first-order valence-electron chi connectivity index (χ1n) is 10.1. The second-order valence-corrected chi connectivity index (χ2v) is 7.39. The average Bonchev–Trinajstić information content (AvgIpc) is 3.18. The molecule has 1 amide bonds. The predicted octanol–water partition coefficient (Wildman–Crippen LogP) is 4.14. The summed E-state index contributed by atoms with van der Waals surface area (Å²) in [6.45, 7) is 3.78. The first-order chi connectivity index (χ1) is 16.7. The van der Waals surface area contributed by atoms with Gasteiger partial charge in [0.25, 0.3) is 17.3 Å². The number of nitro groups is 2. The third-order valence-corrected chi connectivity index (χ3v) is 4.78. The van der Waals surface area contributed by atoms with Gasteiger partial charge >= 0.3 is 0 Å². The van der Waals surface area contributed by atoms with Crippen LogP contribution in [0.2, 0.25) is 0 Å². The Morgan fingerprint density at radius 2 is 1.60 bits per heavy atom. The van der Waals surface area contributed by atoms with Crippen molar-refractivity contribution in [2.75, 3.05) is 5.32 Å². The molecule has 13 heteroatoms. The van der Waals surface area contributed by atoms with Gasteiger partial charge in [-0.25, -0.2) is 14.6 Å². The van der Waals surface area contributed by atoms with Crippen LogP contribution in [0, 0.1) is 34.1 Å². The van der Waals surface area contributed by atoms with Gasteiger partial charge in [-0.2, -0.15) is 5.10 Å². The van der Waals surface area contributed by atoms with Crippen LogP contribution < -0.4 is 10.1 Å². The first-order valence-corrected chi connectivity index (χ1v) is 10.1. The fourth-order valence-electron chi connectivity index (χ4n) is 3.23. The van der Waals surface area contributed by atoms with Gasteiger partial charge in [0.2, 0.25) is 5.88 Å². The Balaban J connectivity index is 1.48. The second kappa shape index (κ2) is 9.35. The molecule has 0 aliphatic carbocycles. The number of carbonyl (C=O) groups is 1. The number of non-ortho nitro benzene ring substituents is 2. The summed E-state index contributed by atoms with van der Waals surface area (Å²) in [4.78, 5) is 41.3. The molecule has 13 nitrogen and oxygen atoms in total. The van der Waals surface area contributed by atoms with E-state index in [0.717, 1.165) is 29.6 Å². The molecule has 0 atom stereocenters. The van der Waals surface area contributed by atoms with E-state index in [0.29, 0.717) is 17.3 Å². The van der Waals surface area contributed by atoms with Crippen LogP contribution in [-0.2, 0) is 0 Å². The Morgan fingerprint density at radius 1 is 0.943 bits per heavy atom. The van der Waals surface area contributed by atoms with Crippen LogP contribution >= 0.6 is 0 Å². The van der Waals surface area contributed by atoms with E-state index in [1.165, 1.54) is 6.33 Å². The highest BCUT2D eigenvalue weighted by Crippen LogP contribution is 2.25. The quantitative estimate of drug-likeness (QED) is 0.305. The third kappa shape index (κ3) is 5.24. The topological polar surface area (TPSA) is 168 Å². The molecule has 176 valence electrons. The lowest BCUT2D eigenvalue weighted by Gasteiger charge is -2.09. The average molecular weight is 475 g/mol. The molecule has 0 bridgehead atoms. The molecule has 0 fully saturated rings. The molecule has 0 saturated carbocycles. The minimum atomic E-state index is -0.802. The van der Waals surface area contributed by atoms with Crippen molar-refractivity contribution in [3.63, 3.8) is 0 Å². The molecule has 0 saturated heterocycles. The Labute approximate surface area is 197 Å². The summed E-state index contributed by atoms with van der Waals surface area (Å²) < 4.78 is 7.43. The molecule has 35 heavy (non-hydrogen) atoms. The van der Waals surface area contributed by atoms with Crippen molar-refractivity contribution in [1.29, 1.82) is 0 Å². The van der Waals surface area contributed by atoms with Crippen LogP contribution in [0.25, 0.3) is 5.82 Å². The number of ether oxygens (including phenoxy) is 1. The van der Waals surface area contributed by atoms with Crippen LogP contribution in [0.3, 0.4) is 0 Å². The summed E-state index contributed by atoms with van der Waals surface area (Å²) in [7, 11) is 0. The third-order valence-electron chi connectivity index (χ3n) is 4.78. The monoisotopic (exact) mass is 475 g/mol. The minimum absolute atomic E-state index is 0.219. The number of hydrogen-bond acceptors (Lipinski definition) is 9. The number of aryl methyl sites for hydroxylation is 2. The predicted molar refractivity (Wildman–Crippen MR) is 123 cm³/mol. The molecule has 2 heterocycles. The lowest BCUT2D eigenvalue weighted by Crippen LogP contribution is -2.12. The van der Waals surface area contributed by atoms with Crippen molar-refractivity contribution in [2.24, 2.45) is 0 Å². The van der Waals surface area contributed by atoms with E-state index in [2.05, 4.69) is 20.4 Å². The van der Waals surface area contributed by atoms with Crippen molar-refractivity contribution < 1.29 is 19.4 Å². The Bertz CT molecular complexity index is 1420. The van der Waals surface area contributed by atoms with E-state index in [4.69, 9.17) is 4.74 Å². The molecule has 0 spiro atoms. The molecule has 4 aromatic rings. The molecule has 0 aliphatic rings. The number of aromatic nitrogens is 4. The van der Waals surface area contributed by atoms with Crippen LogP contribution in [0.5, 0.6) is 11.6 Å². The summed E-state index contributed by atoms with van der Waals surface area (Å²) in [6, 6.07) is 12.5. The van der Waals surface area contributed by atoms with Crippen LogP contribution in [-0.4, -0.2) is 35.5 Å². The van der Waals surface area contributed by atoms with Gasteiger partial charge in [-0.3, -0.25) is 25.0 Å². The van der Waals surface area contributed by atoms with Crippen LogP contribution in [0.15, 0.2) is 60.9 Å². The van der Waals surface area contributed by atoms with Gasteiger partial charge in [0.15, 0.2) is 5.82 Å². The minimum Gasteiger partial charge on any atom is -0.439 e. The highest BCUT2D eigenvalue weighted by atomic mass is 16.6. The van der Waals surface area contributed by atoms with Gasteiger partial charge in [-0.05, 0) is 44.2 Å². The van der Waals surface area contributed by atoms with E-state index in [-0.39, 0.29) is 11.4 Å². The zero-order valence-electron chi connectivity index (χ0n) is 18.4. The number of rotatable bonds is 7. The zero-order valence-corrected chi connectivity index (χ0v) is 18.4. The molecular formula is C22H17N7O6. The fourth-order valence-corrected chi connectivity index (χ4v) is 3.23. The number of nitro benzene ring substituents is 2. The standard InChI is InChI=1S/C22H17N7O6/c1-13-7-14(2)27(26-13)20-11-21(24-12-23-20)35-19-5-3-16(4-6-19)25-22(30)15-8-17(28(31)32)10-18(9-15)29(33)34/h3-12H,1-2H3,(H,25,30). The van der Waals surface area contributed by atoms with Gasteiger partial charge in [0.1, 0.15) is 12.1 Å². The van der Waals surface area contributed by atoms with Crippen molar-refractivity contribution in [3.05, 3.63) is 98.1 Å². The van der Waals surface area contributed by atoms with E-state index >= 15 is 0 Å². The summed E-state index contributed by atoms with van der Waals surface area (Å²) in [5.74, 6) is 0.501. The lowest BCUT2D eigenvalue weighted by atomic mass is 10.1. The number of amides is 1. The maximum atomic E-state index is 12.5. The highest BCUT2D eigenvalue weighted by Gasteiger charge is 2.20. The van der Waals surface area contributed by atoms with Crippen molar-refractivity contribution in [3.8, 4) is 17.4 Å². The van der Waals surface area contributed by atoms with Crippen molar-refractivity contribution in [2.45, 2.75) is 13.8 Å². The maximum Gasteiger partial charge on any atom is 0.277 e. The molecular weight excluding hydrogens is 458 g/mol. The number of nitrogens with zero attached hydrogens (tertiary/aromatic N) is 6. The van der Waals surface area contributed by atoms with E-state index in [1.54, 1.807) is 35.0 Å².